The van der Waals surface area contributed by atoms with E-state index in [4.69, 9.17) is 0 Å². The molecule has 1 fully saturated rings. The number of aryl methyl sites for hydroxylation is 1. The standard InChI is InChI=1S/C18H24N6O/c25-18(20-13-17-22-21-16-4-2-8-24(16)17)23-9-5-14(6-10-23)11-15-3-1-7-19-12-15/h1,3,7,12,14H,2,4-6,8-11,13H2,(H,20,25). The number of fused-ring (bicyclic) bond motifs is 1. The highest BCUT2D eigenvalue weighted by Crippen LogP contribution is 2.21. The average Bonchev–Trinajstić information content (AvgIpc) is 3.25. The number of nitrogens with one attached hydrogen (secondary N) is 1. The zero-order valence-corrected chi connectivity index (χ0v) is 14.4. The molecule has 1 saturated heterocycles. The molecular weight excluding hydrogens is 316 g/mol. The molecule has 0 aliphatic carbocycles. The van der Waals surface area contributed by atoms with E-state index in [9.17, 15) is 4.79 Å². The smallest absolute Gasteiger partial charge is 0.317 e. The summed E-state index contributed by atoms with van der Waals surface area (Å²) in [7, 11) is 0. The molecule has 4 heterocycles. The van der Waals surface area contributed by atoms with Gasteiger partial charge >= 0.3 is 6.03 Å². The Labute approximate surface area is 147 Å². The van der Waals surface area contributed by atoms with E-state index in [-0.39, 0.29) is 6.03 Å². The quantitative estimate of drug-likeness (QED) is 0.920. The molecule has 2 aromatic heterocycles. The molecular formula is C18H24N6O. The largest absolute Gasteiger partial charge is 0.331 e. The number of piperidine rings is 1. The number of carbonyl (C=O) groups is 1. The van der Waals surface area contributed by atoms with Crippen LogP contribution in [0.3, 0.4) is 0 Å². The zero-order chi connectivity index (χ0) is 17.1. The monoisotopic (exact) mass is 340 g/mol. The van der Waals surface area contributed by atoms with Gasteiger partial charge in [-0.2, -0.15) is 0 Å². The lowest BCUT2D eigenvalue weighted by Crippen LogP contribution is -2.44. The number of hydrogen-bond acceptors (Lipinski definition) is 4. The van der Waals surface area contributed by atoms with Crippen molar-refractivity contribution < 1.29 is 4.79 Å². The Kier molecular flexibility index (Phi) is 4.63. The molecule has 2 amide bonds. The van der Waals surface area contributed by atoms with Crippen molar-refractivity contribution in [2.24, 2.45) is 5.92 Å². The molecule has 7 heteroatoms. The van der Waals surface area contributed by atoms with Gasteiger partial charge < -0.3 is 14.8 Å². The third-order valence-electron chi connectivity index (χ3n) is 5.23. The first-order valence-electron chi connectivity index (χ1n) is 9.12. The number of pyridine rings is 1. The first-order valence-corrected chi connectivity index (χ1v) is 9.12. The Morgan fingerprint density at radius 1 is 1.24 bits per heavy atom. The van der Waals surface area contributed by atoms with E-state index in [1.54, 1.807) is 6.20 Å². The first-order chi connectivity index (χ1) is 12.3. The van der Waals surface area contributed by atoms with Crippen molar-refractivity contribution in [3.8, 4) is 0 Å². The van der Waals surface area contributed by atoms with E-state index in [1.165, 1.54) is 5.56 Å². The highest BCUT2D eigenvalue weighted by Gasteiger charge is 2.24. The zero-order valence-electron chi connectivity index (χ0n) is 14.4. The number of aromatic nitrogens is 4. The van der Waals surface area contributed by atoms with Crippen molar-refractivity contribution in [2.75, 3.05) is 13.1 Å². The number of hydrogen-bond donors (Lipinski definition) is 1. The number of likely N-dealkylation sites (tertiary alicyclic amines) is 1. The summed E-state index contributed by atoms with van der Waals surface area (Å²) in [5.74, 6) is 2.54. The molecule has 4 rings (SSSR count). The van der Waals surface area contributed by atoms with Crippen LogP contribution in [0.1, 0.15) is 36.5 Å². The van der Waals surface area contributed by atoms with E-state index >= 15 is 0 Å². The van der Waals surface area contributed by atoms with E-state index in [0.29, 0.717) is 12.5 Å². The van der Waals surface area contributed by atoms with Gasteiger partial charge in [-0.1, -0.05) is 6.07 Å². The van der Waals surface area contributed by atoms with Crippen LogP contribution in [-0.2, 0) is 25.9 Å². The lowest BCUT2D eigenvalue weighted by atomic mass is 9.91. The van der Waals surface area contributed by atoms with Crippen molar-refractivity contribution in [3.05, 3.63) is 41.7 Å². The number of nitrogens with zero attached hydrogens (tertiary/aromatic N) is 5. The minimum Gasteiger partial charge on any atom is -0.331 e. The Hall–Kier alpha value is -2.44. The molecule has 0 saturated carbocycles. The molecule has 7 nitrogen and oxygen atoms in total. The van der Waals surface area contributed by atoms with E-state index in [1.807, 2.05) is 17.2 Å². The summed E-state index contributed by atoms with van der Waals surface area (Å²) < 4.78 is 2.13. The number of urea groups is 1. The molecule has 0 atom stereocenters. The summed E-state index contributed by atoms with van der Waals surface area (Å²) in [6.07, 6.45) is 9.00. The van der Waals surface area contributed by atoms with Crippen LogP contribution in [0, 0.1) is 5.92 Å². The van der Waals surface area contributed by atoms with Crippen molar-refractivity contribution in [3.63, 3.8) is 0 Å². The maximum Gasteiger partial charge on any atom is 0.317 e. The lowest BCUT2D eigenvalue weighted by Gasteiger charge is -2.32. The van der Waals surface area contributed by atoms with Gasteiger partial charge in [-0.05, 0) is 43.2 Å². The Bertz CT molecular complexity index is 720. The minimum absolute atomic E-state index is 0.00942. The fourth-order valence-electron chi connectivity index (χ4n) is 3.80. The number of rotatable bonds is 4. The second-order valence-corrected chi connectivity index (χ2v) is 6.94. The predicted octanol–water partition coefficient (Wildman–Crippen LogP) is 1.78. The molecule has 0 aromatic carbocycles. The van der Waals surface area contributed by atoms with E-state index < -0.39 is 0 Å². The summed E-state index contributed by atoms with van der Waals surface area (Å²) >= 11 is 0. The Morgan fingerprint density at radius 3 is 2.92 bits per heavy atom. The summed E-state index contributed by atoms with van der Waals surface area (Å²) in [6, 6.07) is 4.12. The van der Waals surface area contributed by atoms with Crippen molar-refractivity contribution >= 4 is 6.03 Å². The van der Waals surface area contributed by atoms with Gasteiger partial charge in [0, 0.05) is 38.4 Å². The van der Waals surface area contributed by atoms with Crippen LogP contribution in [0.25, 0.3) is 0 Å². The molecule has 0 unspecified atom stereocenters. The Balaban J connectivity index is 1.24. The summed E-state index contributed by atoms with van der Waals surface area (Å²) in [5, 5.41) is 11.4. The molecule has 1 N–H and O–H groups in total. The summed E-state index contributed by atoms with van der Waals surface area (Å²) in [4.78, 5) is 18.5. The van der Waals surface area contributed by atoms with Gasteiger partial charge in [0.1, 0.15) is 5.82 Å². The summed E-state index contributed by atoms with van der Waals surface area (Å²) in [6.45, 7) is 3.05. The topological polar surface area (TPSA) is 75.9 Å². The molecule has 0 radical (unpaired) electrons. The highest BCUT2D eigenvalue weighted by molar-refractivity contribution is 5.74. The van der Waals surface area contributed by atoms with Crippen LogP contribution in [0.5, 0.6) is 0 Å². The normalized spacial score (nSPS) is 17.5. The lowest BCUT2D eigenvalue weighted by molar-refractivity contribution is 0.169. The fraction of sp³-hybridized carbons (Fsp3) is 0.556. The molecule has 2 aliphatic heterocycles. The Morgan fingerprint density at radius 2 is 2.12 bits per heavy atom. The van der Waals surface area contributed by atoms with Gasteiger partial charge in [-0.25, -0.2) is 4.79 Å². The maximum atomic E-state index is 12.4. The molecule has 0 bridgehead atoms. The molecule has 25 heavy (non-hydrogen) atoms. The van der Waals surface area contributed by atoms with Crippen molar-refractivity contribution in [1.82, 2.24) is 30.0 Å². The third-order valence-corrected chi connectivity index (χ3v) is 5.23. The van der Waals surface area contributed by atoms with Crippen LogP contribution in [0.15, 0.2) is 24.5 Å². The average molecular weight is 340 g/mol. The SMILES string of the molecule is O=C(NCc1nnc2n1CCC2)N1CCC(Cc2cccnc2)CC1. The third kappa shape index (κ3) is 3.65. The van der Waals surface area contributed by atoms with Gasteiger partial charge in [-0.3, -0.25) is 4.98 Å². The first kappa shape index (κ1) is 16.1. The van der Waals surface area contributed by atoms with Crippen LogP contribution < -0.4 is 5.32 Å². The maximum absolute atomic E-state index is 12.4. The second kappa shape index (κ2) is 7.21. The van der Waals surface area contributed by atoms with Crippen LogP contribution in [-0.4, -0.2) is 43.8 Å². The van der Waals surface area contributed by atoms with Gasteiger partial charge in [-0.15, -0.1) is 10.2 Å². The van der Waals surface area contributed by atoms with E-state index in [0.717, 1.165) is 63.4 Å². The van der Waals surface area contributed by atoms with Gasteiger partial charge in [0.05, 0.1) is 6.54 Å². The number of carbonyl (C=O) groups excluding carboxylic acids is 1. The van der Waals surface area contributed by atoms with Gasteiger partial charge in [0.15, 0.2) is 5.82 Å². The molecule has 2 aromatic rings. The fourth-order valence-corrected chi connectivity index (χ4v) is 3.80. The molecule has 0 spiro atoms. The predicted molar refractivity (Wildman–Crippen MR) is 92.8 cm³/mol. The minimum atomic E-state index is 0.00942. The van der Waals surface area contributed by atoms with Gasteiger partial charge in [0.25, 0.3) is 0 Å². The van der Waals surface area contributed by atoms with Crippen molar-refractivity contribution in [2.45, 2.75) is 45.2 Å². The second-order valence-electron chi connectivity index (χ2n) is 6.94. The number of amides is 2. The molecule has 132 valence electrons. The summed E-state index contributed by atoms with van der Waals surface area (Å²) in [5.41, 5.74) is 1.28. The van der Waals surface area contributed by atoms with Crippen LogP contribution in [0.4, 0.5) is 4.79 Å². The van der Waals surface area contributed by atoms with Crippen molar-refractivity contribution in [1.29, 1.82) is 0 Å². The van der Waals surface area contributed by atoms with Gasteiger partial charge in [0.2, 0.25) is 0 Å². The molecule has 2 aliphatic rings. The van der Waals surface area contributed by atoms with Crippen LogP contribution >= 0.6 is 0 Å². The van der Waals surface area contributed by atoms with Crippen LogP contribution in [0.2, 0.25) is 0 Å². The highest BCUT2D eigenvalue weighted by atomic mass is 16.2. The van der Waals surface area contributed by atoms with E-state index in [2.05, 4.69) is 31.1 Å².